The molecule has 1 aromatic rings. The summed E-state index contributed by atoms with van der Waals surface area (Å²) in [5.41, 5.74) is 3.44. The summed E-state index contributed by atoms with van der Waals surface area (Å²) >= 11 is 0. The number of aliphatic hydroxyl groups excluding tert-OH is 1. The highest BCUT2D eigenvalue weighted by molar-refractivity contribution is 5.93. The number of aliphatic hydroxyl groups is 1. The van der Waals surface area contributed by atoms with E-state index in [1.54, 1.807) is 6.07 Å². The zero-order valence-electron chi connectivity index (χ0n) is 24.0. The Morgan fingerprint density at radius 2 is 1.93 bits per heavy atom. The molecule has 1 saturated carbocycles. The van der Waals surface area contributed by atoms with Gasteiger partial charge in [0.2, 0.25) is 0 Å². The van der Waals surface area contributed by atoms with Crippen LogP contribution >= 0.6 is 0 Å². The number of amides is 1. The standard InChI is InChI=1S/C31H38F2N2O6/c1-29(2,3)26-15-20-14-19(8-10-23(20)35(26)18-22(36)17-34-28(38)39-4)6-5-7-27(37)30(12-13-30)21-9-11-24-25(16-21)41-31(32,33)40-24/h8-9,11,14-16,22-23,36H,5-7,10,12-13,17-18H2,1-4H3,(H,34,38)/t22-,23?/m0/s1. The second-order valence-electron chi connectivity index (χ2n) is 12.3. The summed E-state index contributed by atoms with van der Waals surface area (Å²) in [6.07, 6.45) is 5.63. The third kappa shape index (κ3) is 6.12. The predicted octanol–water partition coefficient (Wildman–Crippen LogP) is 5.37. The zero-order chi connectivity index (χ0) is 29.6. The summed E-state index contributed by atoms with van der Waals surface area (Å²) in [6.45, 7) is 6.90. The Hall–Kier alpha value is -3.40. The normalized spacial score (nSPS) is 22.3. The molecule has 8 nitrogen and oxygen atoms in total. The van der Waals surface area contributed by atoms with Gasteiger partial charge in [-0.15, -0.1) is 8.78 Å². The van der Waals surface area contributed by atoms with Gasteiger partial charge in [0.15, 0.2) is 11.5 Å². The molecule has 0 bridgehead atoms. The Bertz CT molecular complexity index is 1310. The summed E-state index contributed by atoms with van der Waals surface area (Å²) in [7, 11) is 1.29. The molecular weight excluding hydrogens is 534 g/mol. The van der Waals surface area contributed by atoms with E-state index in [4.69, 9.17) is 0 Å². The molecule has 222 valence electrons. The van der Waals surface area contributed by atoms with Gasteiger partial charge in [-0.1, -0.05) is 44.6 Å². The first-order valence-corrected chi connectivity index (χ1v) is 14.1. The van der Waals surface area contributed by atoms with Crippen LogP contribution in [0.25, 0.3) is 0 Å². The number of hydrogen-bond acceptors (Lipinski definition) is 7. The van der Waals surface area contributed by atoms with E-state index >= 15 is 0 Å². The van der Waals surface area contributed by atoms with E-state index in [1.165, 1.54) is 30.4 Å². The number of carbonyl (C=O) groups is 2. The SMILES string of the molecule is COC(=O)NC[C@H](O)CN1C(C(C)(C)C)=CC2=CC(CCCC(=O)C3(c4ccc5c(c4)OC(F)(F)O5)CC3)=CCC21. The molecule has 0 aromatic heterocycles. The monoisotopic (exact) mass is 572 g/mol. The number of rotatable bonds is 10. The number of β-amino-alcohol motifs (C(OH)–C–C–N with tert-alkyl or cyclic N) is 1. The van der Waals surface area contributed by atoms with Crippen molar-refractivity contribution in [3.05, 3.63) is 58.8 Å². The van der Waals surface area contributed by atoms with E-state index in [9.17, 15) is 23.5 Å². The van der Waals surface area contributed by atoms with Crippen LogP contribution in [0.15, 0.2) is 53.3 Å². The van der Waals surface area contributed by atoms with Crippen molar-refractivity contribution >= 4 is 11.9 Å². The number of halogens is 2. The van der Waals surface area contributed by atoms with Gasteiger partial charge < -0.3 is 29.5 Å². The first kappa shape index (κ1) is 29.1. The fourth-order valence-electron chi connectivity index (χ4n) is 6.03. The molecule has 1 aromatic carbocycles. The Balaban J connectivity index is 1.18. The predicted molar refractivity (Wildman–Crippen MR) is 148 cm³/mol. The van der Waals surface area contributed by atoms with Crippen molar-refractivity contribution < 1.29 is 37.7 Å². The van der Waals surface area contributed by atoms with Crippen molar-refractivity contribution in [2.24, 2.45) is 5.41 Å². The molecule has 1 amide bonds. The molecule has 2 N–H and O–H groups in total. The molecule has 0 saturated heterocycles. The van der Waals surface area contributed by atoms with Crippen LogP contribution in [0.1, 0.15) is 64.9 Å². The van der Waals surface area contributed by atoms with E-state index in [2.05, 4.69) is 63.4 Å². The topological polar surface area (TPSA) is 97.3 Å². The van der Waals surface area contributed by atoms with Gasteiger partial charge in [-0.05, 0) is 61.4 Å². The summed E-state index contributed by atoms with van der Waals surface area (Å²) in [5, 5.41) is 13.2. The number of hydrogen-bond donors (Lipinski definition) is 2. The number of nitrogens with zero attached hydrogens (tertiary/aromatic N) is 1. The lowest BCUT2D eigenvalue weighted by Crippen LogP contribution is -2.44. The molecule has 0 radical (unpaired) electrons. The van der Waals surface area contributed by atoms with Crippen LogP contribution in [0, 0.1) is 5.41 Å². The molecule has 4 aliphatic rings. The third-order valence-electron chi connectivity index (χ3n) is 8.28. The minimum atomic E-state index is -3.68. The molecule has 10 heteroatoms. The maximum Gasteiger partial charge on any atom is 0.586 e. The first-order chi connectivity index (χ1) is 19.3. The Morgan fingerprint density at radius 1 is 1.20 bits per heavy atom. The van der Waals surface area contributed by atoms with Crippen molar-refractivity contribution in [2.75, 3.05) is 20.2 Å². The van der Waals surface area contributed by atoms with Crippen molar-refractivity contribution in [1.82, 2.24) is 10.2 Å². The van der Waals surface area contributed by atoms with Crippen LogP contribution in [0.4, 0.5) is 13.6 Å². The van der Waals surface area contributed by atoms with E-state index in [0.717, 1.165) is 18.5 Å². The fraction of sp³-hybridized carbons (Fsp3) is 0.548. The molecule has 1 fully saturated rings. The van der Waals surface area contributed by atoms with E-state index in [1.807, 2.05) is 0 Å². The number of ketones is 1. The highest BCUT2D eigenvalue weighted by Crippen LogP contribution is 2.53. The Morgan fingerprint density at radius 3 is 2.61 bits per heavy atom. The van der Waals surface area contributed by atoms with E-state index in [-0.39, 0.29) is 35.3 Å². The molecule has 2 aliphatic heterocycles. The van der Waals surface area contributed by atoms with Crippen molar-refractivity contribution in [2.45, 2.75) is 83.2 Å². The number of carbonyl (C=O) groups excluding carboxylic acids is 2. The van der Waals surface area contributed by atoms with Gasteiger partial charge in [0.1, 0.15) is 5.78 Å². The maximum atomic E-state index is 13.4. The van der Waals surface area contributed by atoms with E-state index < -0.39 is 23.9 Å². The summed E-state index contributed by atoms with van der Waals surface area (Å²) in [5.74, 6) is 0.0846. The minimum absolute atomic E-state index is 0.0147. The van der Waals surface area contributed by atoms with Crippen LogP contribution in [0.2, 0.25) is 0 Å². The van der Waals surface area contributed by atoms with Crippen molar-refractivity contribution in [3.63, 3.8) is 0 Å². The lowest BCUT2D eigenvalue weighted by atomic mass is 9.87. The molecule has 5 rings (SSSR count). The number of benzene rings is 1. The molecule has 2 atom stereocenters. The molecule has 2 aliphatic carbocycles. The summed E-state index contributed by atoms with van der Waals surface area (Å²) in [4.78, 5) is 26.9. The average Bonchev–Trinajstić information content (AvgIpc) is 3.55. The number of methoxy groups -OCH3 is 1. The highest BCUT2D eigenvalue weighted by Gasteiger charge is 2.51. The molecule has 0 spiro atoms. The minimum Gasteiger partial charge on any atom is -0.453 e. The van der Waals surface area contributed by atoms with Crippen molar-refractivity contribution in [1.29, 1.82) is 0 Å². The van der Waals surface area contributed by atoms with Gasteiger partial charge >= 0.3 is 12.4 Å². The zero-order valence-corrected chi connectivity index (χ0v) is 24.0. The number of nitrogens with one attached hydrogen (secondary N) is 1. The highest BCUT2D eigenvalue weighted by atomic mass is 19.3. The summed E-state index contributed by atoms with van der Waals surface area (Å²) < 4.78 is 40.5. The van der Waals surface area contributed by atoms with Gasteiger partial charge in [0.25, 0.3) is 0 Å². The van der Waals surface area contributed by atoms with Crippen LogP contribution < -0.4 is 14.8 Å². The summed E-state index contributed by atoms with van der Waals surface area (Å²) in [6, 6.07) is 4.77. The fourth-order valence-corrected chi connectivity index (χ4v) is 6.03. The number of allylic oxidation sites excluding steroid dienone is 3. The lowest BCUT2D eigenvalue weighted by molar-refractivity contribution is -0.286. The smallest absolute Gasteiger partial charge is 0.453 e. The second kappa shape index (κ2) is 10.8. The van der Waals surface area contributed by atoms with Gasteiger partial charge in [-0.2, -0.15) is 0 Å². The van der Waals surface area contributed by atoms with Crippen LogP contribution in [0.5, 0.6) is 11.5 Å². The average molecular weight is 573 g/mol. The van der Waals surface area contributed by atoms with Crippen LogP contribution in [-0.4, -0.2) is 60.5 Å². The molecule has 41 heavy (non-hydrogen) atoms. The van der Waals surface area contributed by atoms with Gasteiger partial charge in [0, 0.05) is 30.6 Å². The molecular formula is C31H38F2N2O6. The number of fused-ring (bicyclic) bond motifs is 2. The Kier molecular flexibility index (Phi) is 7.65. The van der Waals surface area contributed by atoms with Crippen LogP contribution in [-0.2, 0) is 14.9 Å². The Labute approximate surface area is 239 Å². The quantitative estimate of drug-likeness (QED) is 0.389. The molecule has 2 heterocycles. The first-order valence-electron chi connectivity index (χ1n) is 14.1. The molecule has 1 unspecified atom stereocenters. The van der Waals surface area contributed by atoms with E-state index in [0.29, 0.717) is 37.8 Å². The second-order valence-corrected chi connectivity index (χ2v) is 12.3. The number of ether oxygens (including phenoxy) is 3. The maximum absolute atomic E-state index is 13.4. The van der Waals surface area contributed by atoms with Gasteiger partial charge in [0.05, 0.1) is 24.7 Å². The van der Waals surface area contributed by atoms with Crippen LogP contribution in [0.3, 0.4) is 0 Å². The van der Waals surface area contributed by atoms with Gasteiger partial charge in [-0.25, -0.2) is 4.79 Å². The van der Waals surface area contributed by atoms with Crippen molar-refractivity contribution in [3.8, 4) is 11.5 Å². The third-order valence-corrected chi connectivity index (χ3v) is 8.28. The lowest BCUT2D eigenvalue weighted by Gasteiger charge is -2.37. The number of alkyl halides is 2. The van der Waals surface area contributed by atoms with Gasteiger partial charge in [-0.3, -0.25) is 4.79 Å². The number of Topliss-reactive ketones (excluding diaryl/α,β-unsaturated/α-hetero) is 1. The number of alkyl carbamates (subject to hydrolysis) is 1. The largest absolute Gasteiger partial charge is 0.586 e.